The van der Waals surface area contributed by atoms with Crippen LogP contribution >= 0.6 is 0 Å². The molecule has 1 aliphatic carbocycles. The molecule has 3 aromatic rings. The summed E-state index contributed by atoms with van der Waals surface area (Å²) in [5.74, 6) is 1.51. The number of aryl methyl sites for hydroxylation is 1. The number of nitrogens with one attached hydrogen (secondary N) is 1. The fourth-order valence-electron chi connectivity index (χ4n) is 5.39. The number of carbonyl (C=O) groups is 1. The monoisotopic (exact) mass is 432 g/mol. The predicted molar refractivity (Wildman–Crippen MR) is 133 cm³/mol. The molecule has 1 fully saturated rings. The average molecular weight is 433 g/mol. The minimum Gasteiger partial charge on any atom is -0.345 e. The number of fused-ring (bicyclic) bond motifs is 1. The van der Waals surface area contributed by atoms with E-state index in [0.717, 1.165) is 41.9 Å². The van der Waals surface area contributed by atoms with Crippen molar-refractivity contribution in [3.05, 3.63) is 53.6 Å². The molecule has 2 aromatic carbocycles. The van der Waals surface area contributed by atoms with E-state index in [1.54, 1.807) is 19.0 Å². The average Bonchev–Trinajstić information content (AvgIpc) is 3.09. The van der Waals surface area contributed by atoms with Gasteiger partial charge in [0.2, 0.25) is 5.95 Å². The molecule has 5 nitrogen and oxygen atoms in total. The van der Waals surface area contributed by atoms with Crippen LogP contribution in [0.1, 0.15) is 68.9 Å². The van der Waals surface area contributed by atoms with Gasteiger partial charge in [0, 0.05) is 31.4 Å². The zero-order valence-corrected chi connectivity index (χ0v) is 20.3. The lowest BCUT2D eigenvalue weighted by atomic mass is 9.70. The molecule has 170 valence electrons. The summed E-state index contributed by atoms with van der Waals surface area (Å²) in [5, 5.41) is 3.58. The lowest BCUT2D eigenvalue weighted by Gasteiger charge is -2.40. The molecule has 4 rings (SSSR count). The van der Waals surface area contributed by atoms with Crippen LogP contribution < -0.4 is 5.32 Å². The number of amides is 1. The van der Waals surface area contributed by atoms with Crippen LogP contribution in [0.4, 0.5) is 11.6 Å². The van der Waals surface area contributed by atoms with Crippen molar-refractivity contribution >= 4 is 28.6 Å². The largest absolute Gasteiger partial charge is 0.345 e. The van der Waals surface area contributed by atoms with Gasteiger partial charge in [0.1, 0.15) is 0 Å². The molecular weight excluding hydrogens is 396 g/mol. The molecule has 1 aliphatic rings. The van der Waals surface area contributed by atoms with Crippen LogP contribution in [-0.4, -0.2) is 34.5 Å². The summed E-state index contributed by atoms with van der Waals surface area (Å²) >= 11 is 0. The van der Waals surface area contributed by atoms with E-state index >= 15 is 0 Å². The fourth-order valence-corrected chi connectivity index (χ4v) is 5.39. The third-order valence-electron chi connectivity index (χ3n) is 6.69. The second-order valence-electron chi connectivity index (χ2n) is 10.5. The van der Waals surface area contributed by atoms with Crippen LogP contribution in [0.5, 0.6) is 0 Å². The number of anilines is 2. The van der Waals surface area contributed by atoms with Crippen LogP contribution in [0.2, 0.25) is 0 Å². The number of nitrogens with zero attached hydrogens (tertiary/aromatic N) is 3. The molecule has 0 saturated heterocycles. The number of hydrogen-bond acceptors (Lipinski definition) is 3. The molecule has 1 N–H and O–H groups in total. The highest BCUT2D eigenvalue weighted by Gasteiger charge is 2.34. The summed E-state index contributed by atoms with van der Waals surface area (Å²) in [6.45, 7) is 9.27. The van der Waals surface area contributed by atoms with Gasteiger partial charge in [-0.3, -0.25) is 4.79 Å². The smallest absolute Gasteiger partial charge is 0.253 e. The molecule has 1 unspecified atom stereocenters. The Morgan fingerprint density at radius 2 is 1.88 bits per heavy atom. The number of benzene rings is 2. The minimum atomic E-state index is -0.00136. The standard InChI is InChI=1S/C27H36N4O/c1-7-19-8-11-21(12-9-19)28-26-29-23-15-20(25(32)30(5)6)10-13-24(23)31(26)22-14-18(2)16-27(3,4)17-22/h8-13,15,18,22H,7,14,16-17H2,1-6H3,(H,28,29)/t18-,22?/m0/s1. The van der Waals surface area contributed by atoms with Crippen molar-refractivity contribution < 1.29 is 4.79 Å². The number of rotatable bonds is 5. The van der Waals surface area contributed by atoms with E-state index in [1.165, 1.54) is 12.0 Å². The SMILES string of the molecule is CCc1ccc(Nc2nc3cc(C(=O)N(C)C)ccc3n2C2C[C@H](C)CC(C)(C)C2)cc1. The van der Waals surface area contributed by atoms with Gasteiger partial charge in [-0.15, -0.1) is 0 Å². The van der Waals surface area contributed by atoms with Gasteiger partial charge in [-0.25, -0.2) is 4.98 Å². The topological polar surface area (TPSA) is 50.2 Å². The first-order chi connectivity index (χ1) is 15.2. The van der Waals surface area contributed by atoms with Gasteiger partial charge in [-0.05, 0) is 72.9 Å². The molecule has 1 amide bonds. The quantitative estimate of drug-likeness (QED) is 0.505. The van der Waals surface area contributed by atoms with Crippen molar-refractivity contribution in [3.63, 3.8) is 0 Å². The summed E-state index contributed by atoms with van der Waals surface area (Å²) < 4.78 is 2.38. The van der Waals surface area contributed by atoms with Crippen LogP contribution in [0, 0.1) is 11.3 Å². The van der Waals surface area contributed by atoms with Crippen LogP contribution in [0.15, 0.2) is 42.5 Å². The van der Waals surface area contributed by atoms with Crippen molar-refractivity contribution in [2.75, 3.05) is 19.4 Å². The van der Waals surface area contributed by atoms with Crippen molar-refractivity contribution in [2.45, 2.75) is 59.4 Å². The van der Waals surface area contributed by atoms with Gasteiger partial charge in [-0.2, -0.15) is 0 Å². The van der Waals surface area contributed by atoms with Gasteiger partial charge in [0.05, 0.1) is 11.0 Å². The lowest BCUT2D eigenvalue weighted by molar-refractivity contribution is 0.0827. The first-order valence-electron chi connectivity index (χ1n) is 11.8. The van der Waals surface area contributed by atoms with Crippen molar-refractivity contribution in [1.29, 1.82) is 0 Å². The van der Waals surface area contributed by atoms with Gasteiger partial charge in [-0.1, -0.05) is 39.8 Å². The van der Waals surface area contributed by atoms with Crippen LogP contribution in [0.3, 0.4) is 0 Å². The van der Waals surface area contributed by atoms with E-state index in [-0.39, 0.29) is 5.91 Å². The maximum absolute atomic E-state index is 12.5. The molecule has 32 heavy (non-hydrogen) atoms. The first-order valence-corrected chi connectivity index (χ1v) is 11.8. The second kappa shape index (κ2) is 8.61. The molecule has 0 radical (unpaired) electrons. The zero-order chi connectivity index (χ0) is 23.0. The Labute approximate surface area is 191 Å². The van der Waals surface area contributed by atoms with E-state index in [1.807, 2.05) is 12.1 Å². The molecule has 1 saturated carbocycles. The number of imidazole rings is 1. The third kappa shape index (κ3) is 4.52. The summed E-state index contributed by atoms with van der Waals surface area (Å²) in [6.07, 6.45) is 4.52. The molecular formula is C27H36N4O. The minimum absolute atomic E-state index is 0.00136. The third-order valence-corrected chi connectivity index (χ3v) is 6.69. The Balaban J connectivity index is 1.80. The summed E-state index contributed by atoms with van der Waals surface area (Å²) in [7, 11) is 3.56. The Morgan fingerprint density at radius 3 is 2.50 bits per heavy atom. The Kier molecular flexibility index (Phi) is 6.02. The Hall–Kier alpha value is -2.82. The maximum Gasteiger partial charge on any atom is 0.253 e. The number of hydrogen-bond donors (Lipinski definition) is 1. The highest BCUT2D eigenvalue weighted by atomic mass is 16.2. The predicted octanol–water partition coefficient (Wildman–Crippen LogP) is 6.43. The summed E-state index contributed by atoms with van der Waals surface area (Å²) in [5.41, 5.74) is 5.26. The number of carbonyl (C=O) groups excluding carboxylic acids is 1. The van der Waals surface area contributed by atoms with Gasteiger partial charge in [0.25, 0.3) is 5.91 Å². The zero-order valence-electron chi connectivity index (χ0n) is 20.3. The van der Waals surface area contributed by atoms with Crippen molar-refractivity contribution in [1.82, 2.24) is 14.5 Å². The van der Waals surface area contributed by atoms with E-state index in [2.05, 4.69) is 67.9 Å². The first kappa shape index (κ1) is 22.4. The number of aromatic nitrogens is 2. The van der Waals surface area contributed by atoms with E-state index in [4.69, 9.17) is 4.98 Å². The molecule has 2 atom stereocenters. The highest BCUT2D eigenvalue weighted by molar-refractivity contribution is 5.97. The normalized spacial score (nSPS) is 20.3. The van der Waals surface area contributed by atoms with Gasteiger partial charge >= 0.3 is 0 Å². The van der Waals surface area contributed by atoms with Crippen molar-refractivity contribution in [2.24, 2.45) is 11.3 Å². The molecule has 5 heteroatoms. The van der Waals surface area contributed by atoms with Gasteiger partial charge in [0.15, 0.2) is 0 Å². The highest BCUT2D eigenvalue weighted by Crippen LogP contribution is 2.46. The van der Waals surface area contributed by atoms with Crippen LogP contribution in [-0.2, 0) is 6.42 Å². The lowest BCUT2D eigenvalue weighted by Crippen LogP contribution is -2.29. The second-order valence-corrected chi connectivity index (χ2v) is 10.5. The van der Waals surface area contributed by atoms with E-state index in [0.29, 0.717) is 22.9 Å². The maximum atomic E-state index is 12.5. The van der Waals surface area contributed by atoms with E-state index < -0.39 is 0 Å². The van der Waals surface area contributed by atoms with Crippen LogP contribution in [0.25, 0.3) is 11.0 Å². The summed E-state index contributed by atoms with van der Waals surface area (Å²) in [4.78, 5) is 19.1. The van der Waals surface area contributed by atoms with Gasteiger partial charge < -0.3 is 14.8 Å². The van der Waals surface area contributed by atoms with E-state index in [9.17, 15) is 4.79 Å². The molecule has 0 bridgehead atoms. The van der Waals surface area contributed by atoms with Crippen molar-refractivity contribution in [3.8, 4) is 0 Å². The Morgan fingerprint density at radius 1 is 1.16 bits per heavy atom. The summed E-state index contributed by atoms with van der Waals surface area (Å²) in [6, 6.07) is 14.9. The fraction of sp³-hybridized carbons (Fsp3) is 0.481. The molecule has 0 spiro atoms. The molecule has 1 aromatic heterocycles. The Bertz CT molecular complexity index is 1110. The molecule has 0 aliphatic heterocycles. The molecule has 1 heterocycles.